The monoisotopic (exact) mass is 630 g/mol. The number of imidazole rings is 1. The summed E-state index contributed by atoms with van der Waals surface area (Å²) in [6.45, 7) is 23.0. The number of nitrogens with zero attached hydrogens (tertiary/aromatic N) is 4. The van der Waals surface area contributed by atoms with Gasteiger partial charge in [-0.1, -0.05) is 53.7 Å². The highest BCUT2D eigenvalue weighted by atomic mass is 28.4. The minimum Gasteiger partial charge on any atom is -0.471 e. The van der Waals surface area contributed by atoms with Crippen LogP contribution < -0.4 is 4.74 Å². The third kappa shape index (κ3) is 7.38. The SMILES string of the molecule is CC(C)(C)[Si](C)(C)OC[C@H]1O[C@@H](n2cnc3c(OCc4ccc(CO)c(CO)c4)ncnc32)C[C@@H]1O[Si](C)(C)C(C)(C)C. The van der Waals surface area contributed by atoms with Crippen molar-refractivity contribution in [3.05, 3.63) is 47.5 Å². The number of benzene rings is 1. The summed E-state index contributed by atoms with van der Waals surface area (Å²) in [6.07, 6.45) is 3.20. The normalized spacial score (nSPS) is 20.2. The number of fused-ring (bicyclic) bond motifs is 1. The van der Waals surface area contributed by atoms with Crippen molar-refractivity contribution in [3.8, 4) is 5.88 Å². The van der Waals surface area contributed by atoms with E-state index in [0.717, 1.165) is 5.56 Å². The van der Waals surface area contributed by atoms with E-state index in [-0.39, 0.29) is 48.3 Å². The van der Waals surface area contributed by atoms with E-state index in [0.29, 0.717) is 41.2 Å². The van der Waals surface area contributed by atoms with Crippen LogP contribution in [0.15, 0.2) is 30.9 Å². The molecule has 3 atom stereocenters. The fourth-order valence-corrected chi connectivity index (χ4v) is 6.95. The van der Waals surface area contributed by atoms with E-state index in [9.17, 15) is 10.2 Å². The molecule has 0 radical (unpaired) electrons. The maximum Gasteiger partial charge on any atom is 0.245 e. The van der Waals surface area contributed by atoms with E-state index >= 15 is 0 Å². The zero-order valence-corrected chi connectivity index (χ0v) is 29.5. The summed E-state index contributed by atoms with van der Waals surface area (Å²) in [5, 5.41) is 19.3. The molecule has 0 spiro atoms. The number of hydrogen-bond donors (Lipinski definition) is 2. The molecule has 0 amide bonds. The van der Waals surface area contributed by atoms with Crippen LogP contribution in [0.3, 0.4) is 0 Å². The van der Waals surface area contributed by atoms with Crippen LogP contribution in [0.25, 0.3) is 11.2 Å². The van der Waals surface area contributed by atoms with Crippen LogP contribution >= 0.6 is 0 Å². The van der Waals surface area contributed by atoms with Crippen LogP contribution in [0.2, 0.25) is 36.3 Å². The van der Waals surface area contributed by atoms with Gasteiger partial charge in [-0.05, 0) is 59.0 Å². The first-order chi connectivity index (χ1) is 20.0. The van der Waals surface area contributed by atoms with Gasteiger partial charge in [-0.2, -0.15) is 4.98 Å². The topological polar surface area (TPSA) is 121 Å². The maximum absolute atomic E-state index is 9.65. The van der Waals surface area contributed by atoms with Crippen molar-refractivity contribution in [2.45, 2.75) is 122 Å². The van der Waals surface area contributed by atoms with E-state index in [4.69, 9.17) is 18.3 Å². The Morgan fingerprint density at radius 3 is 2.23 bits per heavy atom. The van der Waals surface area contributed by atoms with Crippen LogP contribution in [0, 0.1) is 0 Å². The predicted molar refractivity (Wildman–Crippen MR) is 172 cm³/mol. The Balaban J connectivity index is 1.56. The summed E-state index contributed by atoms with van der Waals surface area (Å²) in [6, 6.07) is 5.48. The summed E-state index contributed by atoms with van der Waals surface area (Å²) in [4.78, 5) is 13.5. The quantitative estimate of drug-likeness (QED) is 0.243. The van der Waals surface area contributed by atoms with Crippen molar-refractivity contribution in [3.63, 3.8) is 0 Å². The Morgan fingerprint density at radius 2 is 1.60 bits per heavy atom. The first kappa shape index (κ1) is 33.7. The van der Waals surface area contributed by atoms with E-state index in [1.807, 2.05) is 16.7 Å². The molecular formula is C31H50N4O6Si2. The van der Waals surface area contributed by atoms with Gasteiger partial charge in [-0.15, -0.1) is 0 Å². The van der Waals surface area contributed by atoms with Crippen molar-refractivity contribution in [1.29, 1.82) is 0 Å². The molecule has 3 aromatic rings. The molecule has 1 saturated heterocycles. The van der Waals surface area contributed by atoms with E-state index in [2.05, 4.69) is 82.7 Å². The Bertz CT molecular complexity index is 1400. The molecular weight excluding hydrogens is 581 g/mol. The molecule has 238 valence electrons. The lowest BCUT2D eigenvalue weighted by molar-refractivity contribution is -0.0383. The van der Waals surface area contributed by atoms with Gasteiger partial charge < -0.3 is 28.5 Å². The van der Waals surface area contributed by atoms with Crippen LogP contribution in [-0.4, -0.2) is 65.2 Å². The standard InChI is InChI=1S/C31H50N4O6Si2/c1-30(2,3)42(7,8)39-18-25-24(41-43(9,10)31(4,5)6)14-26(40-25)35-20-34-27-28(35)32-19-33-29(27)38-17-21-11-12-22(15-36)23(13-21)16-37/h11-13,19-20,24-26,36-37H,14-18H2,1-10H3/t24-,25+,26+/m0/s1. The van der Waals surface area contributed by atoms with Crippen LogP contribution in [0.5, 0.6) is 5.88 Å². The highest BCUT2D eigenvalue weighted by molar-refractivity contribution is 6.74. The smallest absolute Gasteiger partial charge is 0.245 e. The number of hydrogen-bond acceptors (Lipinski definition) is 9. The molecule has 1 aliphatic rings. The zero-order valence-electron chi connectivity index (χ0n) is 27.5. The Hall–Kier alpha value is -2.20. The average Bonchev–Trinajstić information content (AvgIpc) is 3.53. The molecule has 43 heavy (non-hydrogen) atoms. The van der Waals surface area contributed by atoms with Crippen molar-refractivity contribution >= 4 is 27.8 Å². The number of aromatic nitrogens is 4. The van der Waals surface area contributed by atoms with E-state index in [1.54, 1.807) is 12.4 Å². The van der Waals surface area contributed by atoms with Gasteiger partial charge in [0.2, 0.25) is 5.88 Å². The molecule has 0 unspecified atom stereocenters. The minimum atomic E-state index is -2.08. The molecule has 1 aromatic carbocycles. The molecule has 3 heterocycles. The fraction of sp³-hybridized carbons (Fsp3) is 0.645. The molecule has 0 bridgehead atoms. The van der Waals surface area contributed by atoms with Crippen molar-refractivity contribution in [2.24, 2.45) is 0 Å². The Kier molecular flexibility index (Phi) is 9.92. The summed E-state index contributed by atoms with van der Waals surface area (Å²) in [5.74, 6) is 0.366. The Morgan fingerprint density at radius 1 is 0.930 bits per heavy atom. The molecule has 10 nitrogen and oxygen atoms in total. The second-order valence-corrected chi connectivity index (χ2v) is 24.1. The molecule has 2 aromatic heterocycles. The van der Waals surface area contributed by atoms with Gasteiger partial charge in [-0.3, -0.25) is 4.57 Å². The number of ether oxygens (including phenoxy) is 2. The van der Waals surface area contributed by atoms with Crippen LogP contribution in [0.1, 0.15) is 70.9 Å². The lowest BCUT2D eigenvalue weighted by Crippen LogP contribution is -2.48. The molecule has 1 fully saturated rings. The minimum absolute atomic E-state index is 0.0629. The van der Waals surface area contributed by atoms with Crippen LogP contribution in [0.4, 0.5) is 0 Å². The molecule has 0 aliphatic carbocycles. The van der Waals surface area contributed by atoms with Gasteiger partial charge in [-0.25, -0.2) is 9.97 Å². The van der Waals surface area contributed by atoms with Crippen molar-refractivity contribution < 1.29 is 28.5 Å². The third-order valence-corrected chi connectivity index (χ3v) is 18.5. The lowest BCUT2D eigenvalue weighted by Gasteiger charge is -2.40. The second kappa shape index (κ2) is 12.7. The van der Waals surface area contributed by atoms with Gasteiger partial charge in [0.15, 0.2) is 27.8 Å². The predicted octanol–water partition coefficient (Wildman–Crippen LogP) is 6.09. The van der Waals surface area contributed by atoms with Gasteiger partial charge in [0.1, 0.15) is 25.3 Å². The Labute approximate surface area is 258 Å². The maximum atomic E-state index is 9.65. The highest BCUT2D eigenvalue weighted by Crippen LogP contribution is 2.43. The van der Waals surface area contributed by atoms with Gasteiger partial charge in [0, 0.05) is 6.42 Å². The van der Waals surface area contributed by atoms with Gasteiger partial charge in [0.25, 0.3) is 0 Å². The van der Waals surface area contributed by atoms with Crippen molar-refractivity contribution in [2.75, 3.05) is 6.61 Å². The highest BCUT2D eigenvalue weighted by Gasteiger charge is 2.47. The van der Waals surface area contributed by atoms with Crippen LogP contribution in [-0.2, 0) is 33.4 Å². The largest absolute Gasteiger partial charge is 0.471 e. The van der Waals surface area contributed by atoms with E-state index < -0.39 is 16.6 Å². The summed E-state index contributed by atoms with van der Waals surface area (Å²) in [5.41, 5.74) is 3.37. The lowest BCUT2D eigenvalue weighted by atomic mass is 10.1. The first-order valence-corrected chi connectivity index (χ1v) is 20.9. The second-order valence-electron chi connectivity index (χ2n) is 14.6. The molecule has 2 N–H and O–H groups in total. The number of rotatable bonds is 11. The van der Waals surface area contributed by atoms with Gasteiger partial charge in [0.05, 0.1) is 32.3 Å². The summed E-state index contributed by atoms with van der Waals surface area (Å²) >= 11 is 0. The molecule has 12 heteroatoms. The average molecular weight is 631 g/mol. The first-order valence-electron chi connectivity index (χ1n) is 15.1. The van der Waals surface area contributed by atoms with E-state index in [1.165, 1.54) is 6.33 Å². The summed E-state index contributed by atoms with van der Waals surface area (Å²) < 4.78 is 28.3. The molecule has 1 aliphatic heterocycles. The zero-order chi connectivity index (χ0) is 31.8. The molecule has 4 rings (SSSR count). The molecule has 0 saturated carbocycles. The number of aliphatic hydroxyl groups excluding tert-OH is 2. The third-order valence-electron chi connectivity index (χ3n) is 9.47. The fourth-order valence-electron chi connectivity index (χ4n) is 4.58. The number of aliphatic hydroxyl groups is 2. The van der Waals surface area contributed by atoms with Crippen molar-refractivity contribution in [1.82, 2.24) is 19.5 Å². The van der Waals surface area contributed by atoms with Gasteiger partial charge >= 0.3 is 0 Å². The summed E-state index contributed by atoms with van der Waals surface area (Å²) in [7, 11) is -4.07.